The second-order valence-electron chi connectivity index (χ2n) is 6.06. The molecule has 3 heterocycles. The minimum absolute atomic E-state index is 0.186. The minimum Gasteiger partial charge on any atom is -0.390 e. The number of aliphatic hydroxyl groups is 1. The third-order valence-corrected chi connectivity index (χ3v) is 4.74. The maximum Gasteiger partial charge on any atom is 0.165 e. The van der Waals surface area contributed by atoms with Crippen LogP contribution in [0.3, 0.4) is 0 Å². The third kappa shape index (κ3) is 1.55. The van der Waals surface area contributed by atoms with E-state index in [0.29, 0.717) is 0 Å². The number of hydrogen-bond acceptors (Lipinski definition) is 5. The Morgan fingerprint density at radius 3 is 2.75 bits per heavy atom. The number of aliphatic hydroxyl groups excluding tert-OH is 1. The number of aromatic nitrogens is 4. The molecule has 0 aliphatic carbocycles. The molecule has 1 N–H and O–H groups in total. The summed E-state index contributed by atoms with van der Waals surface area (Å²) in [5.74, 6) is 0. The van der Waals surface area contributed by atoms with Crippen LogP contribution in [0.2, 0.25) is 0 Å². The van der Waals surface area contributed by atoms with Gasteiger partial charge in [-0.1, -0.05) is 20.8 Å². The molecule has 6 nitrogen and oxygen atoms in total. The summed E-state index contributed by atoms with van der Waals surface area (Å²) in [5, 5.41) is 10.5. The first-order valence-corrected chi connectivity index (χ1v) is 6.91. The second-order valence-corrected chi connectivity index (χ2v) is 6.06. The number of imidazole rings is 1. The summed E-state index contributed by atoms with van der Waals surface area (Å²) in [5.41, 5.74) is 0.296. The van der Waals surface area contributed by atoms with Crippen molar-refractivity contribution in [1.29, 1.82) is 0 Å². The molecule has 108 valence electrons. The van der Waals surface area contributed by atoms with Crippen LogP contribution in [-0.4, -0.2) is 36.8 Å². The summed E-state index contributed by atoms with van der Waals surface area (Å²) in [6.07, 6.45) is 4.94. The molecule has 2 aromatic heterocycles. The molecule has 3 unspecified atom stereocenters. The third-order valence-electron chi connectivity index (χ3n) is 4.74. The van der Waals surface area contributed by atoms with Gasteiger partial charge in [0.2, 0.25) is 0 Å². The van der Waals surface area contributed by atoms with Crippen LogP contribution >= 0.6 is 0 Å². The molecule has 0 amide bonds. The normalized spacial score (nSPS) is 32.9. The van der Waals surface area contributed by atoms with Gasteiger partial charge >= 0.3 is 0 Å². The Balaban J connectivity index is 2.17. The average Bonchev–Trinajstić information content (AvgIpc) is 2.93. The van der Waals surface area contributed by atoms with Gasteiger partial charge in [0.05, 0.1) is 24.7 Å². The van der Waals surface area contributed by atoms with E-state index in [4.69, 9.17) is 4.74 Å². The van der Waals surface area contributed by atoms with Gasteiger partial charge in [0, 0.05) is 5.41 Å². The monoisotopic (exact) mass is 276 g/mol. The molecule has 0 radical (unpaired) electrons. The summed E-state index contributed by atoms with van der Waals surface area (Å²) >= 11 is 0. The fraction of sp³-hybridized carbons (Fsp3) is 0.643. The van der Waals surface area contributed by atoms with E-state index in [2.05, 4.69) is 15.0 Å². The zero-order chi connectivity index (χ0) is 14.5. The van der Waals surface area contributed by atoms with Crippen LogP contribution in [0, 0.1) is 5.41 Å². The van der Waals surface area contributed by atoms with Crippen molar-refractivity contribution >= 4 is 11.2 Å². The van der Waals surface area contributed by atoms with Gasteiger partial charge in [-0.2, -0.15) is 0 Å². The molecule has 3 atom stereocenters. The van der Waals surface area contributed by atoms with Crippen LogP contribution in [0.1, 0.15) is 34.1 Å². The molecule has 6 heteroatoms. The van der Waals surface area contributed by atoms with Gasteiger partial charge < -0.3 is 9.84 Å². The first-order valence-electron chi connectivity index (χ1n) is 6.91. The Morgan fingerprint density at radius 1 is 1.35 bits per heavy atom. The number of hydrogen-bond donors (Lipinski definition) is 1. The highest BCUT2D eigenvalue weighted by Gasteiger charge is 2.58. The summed E-state index contributed by atoms with van der Waals surface area (Å²) in [6.45, 7) is 8.03. The maximum atomic E-state index is 10.5. The van der Waals surface area contributed by atoms with E-state index in [1.54, 1.807) is 12.5 Å². The van der Waals surface area contributed by atoms with E-state index >= 15 is 0 Å². The SMILES string of the molecule is CCC1OC(C)(n2cnc3cncnc32)C(C)(C)C1O. The fourth-order valence-electron chi connectivity index (χ4n) is 3.00. The lowest BCUT2D eigenvalue weighted by Crippen LogP contribution is -2.45. The van der Waals surface area contributed by atoms with Crippen molar-refractivity contribution in [2.45, 2.75) is 52.0 Å². The van der Waals surface area contributed by atoms with Crippen LogP contribution < -0.4 is 0 Å². The lowest BCUT2D eigenvalue weighted by Gasteiger charge is -2.38. The van der Waals surface area contributed by atoms with Crippen molar-refractivity contribution < 1.29 is 9.84 Å². The number of rotatable bonds is 2. The quantitative estimate of drug-likeness (QED) is 0.903. The molecule has 3 rings (SSSR count). The number of nitrogens with zero attached hydrogens (tertiary/aromatic N) is 4. The summed E-state index contributed by atoms with van der Waals surface area (Å²) < 4.78 is 8.10. The van der Waals surface area contributed by atoms with Gasteiger partial charge in [-0.3, -0.25) is 4.57 Å². The van der Waals surface area contributed by atoms with Crippen molar-refractivity contribution in [2.75, 3.05) is 0 Å². The predicted molar refractivity (Wildman–Crippen MR) is 73.9 cm³/mol. The minimum atomic E-state index is -0.698. The van der Waals surface area contributed by atoms with E-state index in [0.717, 1.165) is 17.6 Å². The maximum absolute atomic E-state index is 10.5. The molecular weight excluding hydrogens is 256 g/mol. The molecule has 0 saturated carbocycles. The number of fused-ring (bicyclic) bond motifs is 1. The Labute approximate surface area is 117 Å². The van der Waals surface area contributed by atoms with Crippen LogP contribution in [0.15, 0.2) is 18.9 Å². The van der Waals surface area contributed by atoms with Gasteiger partial charge in [-0.15, -0.1) is 0 Å². The molecule has 20 heavy (non-hydrogen) atoms. The van der Waals surface area contributed by atoms with Crippen molar-refractivity contribution in [1.82, 2.24) is 19.5 Å². The first-order chi connectivity index (χ1) is 9.41. The topological polar surface area (TPSA) is 73.1 Å². The van der Waals surface area contributed by atoms with E-state index in [-0.39, 0.29) is 6.10 Å². The van der Waals surface area contributed by atoms with Gasteiger partial charge in [0.15, 0.2) is 11.4 Å². The fourth-order valence-corrected chi connectivity index (χ4v) is 3.00. The first kappa shape index (κ1) is 13.5. The second kappa shape index (κ2) is 4.23. The molecule has 0 bridgehead atoms. The van der Waals surface area contributed by atoms with E-state index in [1.807, 2.05) is 32.3 Å². The van der Waals surface area contributed by atoms with E-state index in [9.17, 15) is 5.11 Å². The summed E-state index contributed by atoms with van der Waals surface area (Å²) in [6, 6.07) is 0. The predicted octanol–water partition coefficient (Wildman–Crippen LogP) is 1.69. The van der Waals surface area contributed by atoms with E-state index in [1.165, 1.54) is 6.33 Å². The molecule has 0 spiro atoms. The van der Waals surface area contributed by atoms with Gasteiger partial charge in [0.1, 0.15) is 11.8 Å². The molecular formula is C14H20N4O2. The highest BCUT2D eigenvalue weighted by molar-refractivity contribution is 5.69. The van der Waals surface area contributed by atoms with E-state index < -0.39 is 17.2 Å². The van der Waals surface area contributed by atoms with Crippen molar-refractivity contribution in [3.05, 3.63) is 18.9 Å². The number of ether oxygens (including phenoxy) is 1. The Hall–Kier alpha value is -1.53. The summed E-state index contributed by atoms with van der Waals surface area (Å²) in [7, 11) is 0. The molecule has 1 aliphatic heterocycles. The smallest absolute Gasteiger partial charge is 0.165 e. The van der Waals surface area contributed by atoms with Crippen molar-refractivity contribution in [3.8, 4) is 0 Å². The van der Waals surface area contributed by atoms with Crippen LogP contribution in [0.25, 0.3) is 11.2 Å². The van der Waals surface area contributed by atoms with Gasteiger partial charge in [0.25, 0.3) is 0 Å². The Bertz CT molecular complexity index is 639. The summed E-state index contributed by atoms with van der Waals surface area (Å²) in [4.78, 5) is 12.6. The lowest BCUT2D eigenvalue weighted by atomic mass is 9.77. The zero-order valence-corrected chi connectivity index (χ0v) is 12.2. The van der Waals surface area contributed by atoms with Crippen LogP contribution in [0.5, 0.6) is 0 Å². The Kier molecular flexibility index (Phi) is 2.85. The largest absolute Gasteiger partial charge is 0.390 e. The average molecular weight is 276 g/mol. The van der Waals surface area contributed by atoms with Crippen molar-refractivity contribution in [2.24, 2.45) is 5.41 Å². The standard InChI is InChI=1S/C14H20N4O2/c1-5-10-11(19)13(2,3)14(4,20-10)18-8-17-9-6-15-7-16-12(9)18/h6-8,10-11,19H,5H2,1-4H3. The highest BCUT2D eigenvalue weighted by atomic mass is 16.6. The van der Waals surface area contributed by atoms with Crippen molar-refractivity contribution in [3.63, 3.8) is 0 Å². The molecule has 0 aromatic carbocycles. The highest BCUT2D eigenvalue weighted by Crippen LogP contribution is 2.50. The van der Waals surface area contributed by atoms with Crippen LogP contribution in [0.4, 0.5) is 0 Å². The zero-order valence-electron chi connectivity index (χ0n) is 12.2. The van der Waals surface area contributed by atoms with Gasteiger partial charge in [-0.05, 0) is 13.3 Å². The Morgan fingerprint density at radius 2 is 2.10 bits per heavy atom. The molecule has 1 fully saturated rings. The lowest BCUT2D eigenvalue weighted by molar-refractivity contribution is -0.126. The molecule has 1 saturated heterocycles. The van der Waals surface area contributed by atoms with Crippen LogP contribution in [-0.2, 0) is 10.5 Å². The van der Waals surface area contributed by atoms with Gasteiger partial charge in [-0.25, -0.2) is 15.0 Å². The molecule has 1 aliphatic rings. The molecule has 2 aromatic rings.